The molecule has 1 aliphatic carbocycles. The van der Waals surface area contributed by atoms with Crippen LogP contribution in [-0.2, 0) is 17.6 Å². The van der Waals surface area contributed by atoms with E-state index in [1.165, 1.54) is 11.0 Å². The molecular formula is C20H19FN3O2. The maximum atomic E-state index is 14.9. The second-order valence-corrected chi connectivity index (χ2v) is 6.79. The Morgan fingerprint density at radius 1 is 1.23 bits per heavy atom. The molecule has 0 saturated carbocycles. The van der Waals surface area contributed by atoms with Crippen molar-refractivity contribution in [2.45, 2.75) is 32.1 Å². The highest BCUT2D eigenvalue weighted by Gasteiger charge is 2.26. The number of amides is 2. The van der Waals surface area contributed by atoms with Gasteiger partial charge >= 0.3 is 0 Å². The van der Waals surface area contributed by atoms with Gasteiger partial charge in [-0.25, -0.2) is 4.39 Å². The molecule has 2 heterocycles. The van der Waals surface area contributed by atoms with Crippen LogP contribution in [0.3, 0.4) is 0 Å². The summed E-state index contributed by atoms with van der Waals surface area (Å²) < 4.78 is 14.9. The number of hydrogen-bond acceptors (Lipinski definition) is 3. The number of nitrogens with zero attached hydrogens (tertiary/aromatic N) is 2. The molecule has 0 fully saturated rings. The number of anilines is 1. The van der Waals surface area contributed by atoms with Gasteiger partial charge in [-0.05, 0) is 60.9 Å². The number of halogens is 1. The summed E-state index contributed by atoms with van der Waals surface area (Å²) in [5, 5.41) is 0. The molecule has 1 aromatic carbocycles. The first-order valence-electron chi connectivity index (χ1n) is 8.71. The quantitative estimate of drug-likeness (QED) is 0.903. The standard InChI is InChI=1S/C20H19FN3O2/c1-24-17-9-16(21)14(8-11(17)6-7-18(24)25)15-10-23-19(20(22)26)13-5-3-2-4-12(13)15/h5,8-10H,2-4,6-7H2,1H3,(H2,22,26). The number of carbonyl (C=O) groups excluding carboxylic acids is 2. The lowest BCUT2D eigenvalue weighted by molar-refractivity contribution is -0.118. The van der Waals surface area contributed by atoms with Gasteiger partial charge in [0.25, 0.3) is 5.91 Å². The van der Waals surface area contributed by atoms with E-state index in [1.54, 1.807) is 13.2 Å². The number of aromatic nitrogens is 1. The van der Waals surface area contributed by atoms with Crippen LogP contribution >= 0.6 is 0 Å². The normalized spacial score (nSPS) is 16.2. The van der Waals surface area contributed by atoms with Crippen molar-refractivity contribution in [1.29, 1.82) is 0 Å². The summed E-state index contributed by atoms with van der Waals surface area (Å²) in [5.41, 5.74) is 10.0. The molecule has 26 heavy (non-hydrogen) atoms. The third-order valence-electron chi connectivity index (χ3n) is 5.24. The zero-order valence-corrected chi connectivity index (χ0v) is 14.5. The van der Waals surface area contributed by atoms with Crippen LogP contribution in [-0.4, -0.2) is 23.8 Å². The number of nitrogens with two attached hydrogens (primary N) is 1. The van der Waals surface area contributed by atoms with E-state index in [2.05, 4.69) is 4.98 Å². The summed E-state index contributed by atoms with van der Waals surface area (Å²) in [4.78, 5) is 29.3. The van der Waals surface area contributed by atoms with Gasteiger partial charge < -0.3 is 10.6 Å². The molecule has 4 rings (SSSR count). The molecule has 2 aliphatic rings. The first-order chi connectivity index (χ1) is 12.5. The summed E-state index contributed by atoms with van der Waals surface area (Å²) >= 11 is 0. The minimum Gasteiger partial charge on any atom is -0.364 e. The van der Waals surface area contributed by atoms with Crippen LogP contribution in [0.5, 0.6) is 0 Å². The van der Waals surface area contributed by atoms with E-state index in [-0.39, 0.29) is 11.6 Å². The number of fused-ring (bicyclic) bond motifs is 2. The van der Waals surface area contributed by atoms with Gasteiger partial charge in [-0.3, -0.25) is 14.6 Å². The summed E-state index contributed by atoms with van der Waals surface area (Å²) in [6.07, 6.45) is 7.04. The molecule has 0 unspecified atom stereocenters. The van der Waals surface area contributed by atoms with Crippen molar-refractivity contribution >= 4 is 17.5 Å². The Bertz CT molecular complexity index is 939. The summed E-state index contributed by atoms with van der Waals surface area (Å²) in [7, 11) is 1.67. The smallest absolute Gasteiger partial charge is 0.267 e. The van der Waals surface area contributed by atoms with Crippen molar-refractivity contribution in [3.8, 4) is 11.1 Å². The largest absolute Gasteiger partial charge is 0.364 e. The highest BCUT2D eigenvalue weighted by Crippen LogP contribution is 2.38. The van der Waals surface area contributed by atoms with Crippen molar-refractivity contribution in [1.82, 2.24) is 4.98 Å². The third kappa shape index (κ3) is 2.57. The van der Waals surface area contributed by atoms with Gasteiger partial charge in [0.1, 0.15) is 11.5 Å². The molecule has 1 aromatic heterocycles. The number of benzene rings is 1. The highest BCUT2D eigenvalue weighted by molar-refractivity contribution is 5.97. The molecule has 0 bridgehead atoms. The van der Waals surface area contributed by atoms with Crippen LogP contribution in [0, 0.1) is 12.2 Å². The van der Waals surface area contributed by atoms with Gasteiger partial charge in [0.2, 0.25) is 5.91 Å². The van der Waals surface area contributed by atoms with Gasteiger partial charge in [-0.1, -0.05) is 0 Å². The van der Waals surface area contributed by atoms with Crippen LogP contribution in [0.2, 0.25) is 0 Å². The monoisotopic (exact) mass is 352 g/mol. The number of carbonyl (C=O) groups is 2. The fourth-order valence-electron chi connectivity index (χ4n) is 3.88. The van der Waals surface area contributed by atoms with Gasteiger partial charge in [0.15, 0.2) is 0 Å². The van der Waals surface area contributed by atoms with Crippen LogP contribution in [0.1, 0.15) is 46.4 Å². The molecule has 5 nitrogen and oxygen atoms in total. The predicted molar refractivity (Wildman–Crippen MR) is 96.2 cm³/mol. The van der Waals surface area contributed by atoms with Gasteiger partial charge in [-0.2, -0.15) is 0 Å². The molecule has 0 saturated heterocycles. The van der Waals surface area contributed by atoms with Crippen molar-refractivity contribution in [2.24, 2.45) is 5.73 Å². The van der Waals surface area contributed by atoms with E-state index in [0.717, 1.165) is 36.0 Å². The first-order valence-corrected chi connectivity index (χ1v) is 8.71. The minimum atomic E-state index is -0.572. The predicted octanol–water partition coefficient (Wildman–Crippen LogP) is 2.78. The van der Waals surface area contributed by atoms with E-state index in [1.807, 2.05) is 12.5 Å². The van der Waals surface area contributed by atoms with Crippen LogP contribution in [0.25, 0.3) is 11.1 Å². The lowest BCUT2D eigenvalue weighted by Crippen LogP contribution is -2.31. The number of aryl methyl sites for hydroxylation is 1. The lowest BCUT2D eigenvalue weighted by Gasteiger charge is -2.27. The second-order valence-electron chi connectivity index (χ2n) is 6.79. The molecule has 1 radical (unpaired) electrons. The Hall–Kier alpha value is -2.76. The topological polar surface area (TPSA) is 76.3 Å². The van der Waals surface area contributed by atoms with E-state index in [9.17, 15) is 14.0 Å². The summed E-state index contributed by atoms with van der Waals surface area (Å²) in [6.45, 7) is 0. The molecule has 0 spiro atoms. The van der Waals surface area contributed by atoms with Crippen molar-refractivity contribution in [2.75, 3.05) is 11.9 Å². The Kier molecular flexibility index (Phi) is 3.98. The zero-order valence-electron chi connectivity index (χ0n) is 14.5. The Morgan fingerprint density at radius 3 is 2.81 bits per heavy atom. The fraction of sp³-hybridized carbons (Fsp3) is 0.300. The van der Waals surface area contributed by atoms with Crippen molar-refractivity contribution < 1.29 is 14.0 Å². The fourth-order valence-corrected chi connectivity index (χ4v) is 3.88. The maximum Gasteiger partial charge on any atom is 0.267 e. The minimum absolute atomic E-state index is 0.0101. The lowest BCUT2D eigenvalue weighted by atomic mass is 9.84. The molecule has 2 N–H and O–H groups in total. The molecule has 2 aromatic rings. The number of rotatable bonds is 2. The number of primary amides is 1. The van der Waals surface area contributed by atoms with E-state index in [4.69, 9.17) is 5.73 Å². The molecule has 133 valence electrons. The summed E-state index contributed by atoms with van der Waals surface area (Å²) in [6, 6.07) is 3.23. The Labute approximate surface area is 151 Å². The van der Waals surface area contributed by atoms with E-state index in [0.29, 0.717) is 29.7 Å². The average molecular weight is 352 g/mol. The van der Waals surface area contributed by atoms with Gasteiger partial charge in [0.05, 0.1) is 0 Å². The summed E-state index contributed by atoms with van der Waals surface area (Å²) in [5.74, 6) is -0.979. The van der Waals surface area contributed by atoms with Crippen LogP contribution in [0.15, 0.2) is 18.3 Å². The molecular weight excluding hydrogens is 333 g/mol. The molecule has 0 atom stereocenters. The second kappa shape index (κ2) is 6.20. The molecule has 6 heteroatoms. The molecule has 1 aliphatic heterocycles. The van der Waals surface area contributed by atoms with Crippen molar-refractivity contribution in [3.63, 3.8) is 0 Å². The number of pyridine rings is 1. The van der Waals surface area contributed by atoms with Crippen LogP contribution in [0.4, 0.5) is 10.1 Å². The Balaban J connectivity index is 1.89. The van der Waals surface area contributed by atoms with Gasteiger partial charge in [0, 0.05) is 36.5 Å². The Morgan fingerprint density at radius 2 is 2.04 bits per heavy atom. The zero-order chi connectivity index (χ0) is 18.4. The SMILES string of the molecule is CN1C(=O)CCc2cc(-c3cnc(C(N)=O)c4c3CCC[CH]4)c(F)cc21. The average Bonchev–Trinajstić information content (AvgIpc) is 2.64. The third-order valence-corrected chi connectivity index (χ3v) is 5.24. The molecule has 2 amide bonds. The van der Waals surface area contributed by atoms with E-state index >= 15 is 0 Å². The first kappa shape index (κ1) is 16.7. The maximum absolute atomic E-state index is 14.9. The van der Waals surface area contributed by atoms with E-state index < -0.39 is 11.7 Å². The van der Waals surface area contributed by atoms with Gasteiger partial charge in [-0.15, -0.1) is 0 Å². The van der Waals surface area contributed by atoms with Crippen LogP contribution < -0.4 is 10.6 Å². The highest BCUT2D eigenvalue weighted by atomic mass is 19.1. The number of hydrogen-bond donors (Lipinski definition) is 1. The van der Waals surface area contributed by atoms with Crippen molar-refractivity contribution in [3.05, 3.63) is 53.0 Å².